The van der Waals surface area contributed by atoms with E-state index in [-0.39, 0.29) is 5.92 Å². The summed E-state index contributed by atoms with van der Waals surface area (Å²) in [4.78, 5) is 12.1. The minimum Gasteiger partial charge on any atom is -0.423 e. The highest BCUT2D eigenvalue weighted by Gasteiger charge is 2.28. The Morgan fingerprint density at radius 3 is 2.55 bits per heavy atom. The van der Waals surface area contributed by atoms with Crippen LogP contribution in [0.3, 0.4) is 0 Å². The third-order valence-corrected chi connectivity index (χ3v) is 4.25. The van der Waals surface area contributed by atoms with Gasteiger partial charge in [-0.3, -0.25) is 4.79 Å². The molecule has 1 aromatic rings. The lowest BCUT2D eigenvalue weighted by Gasteiger charge is -2.26. The highest BCUT2D eigenvalue weighted by atomic mass is 19.2. The second kappa shape index (κ2) is 7.35. The molecule has 0 aliphatic heterocycles. The monoisotopic (exact) mass is 307 g/mol. The molecule has 0 heterocycles. The van der Waals surface area contributed by atoms with Crippen LogP contribution in [0.15, 0.2) is 12.1 Å². The number of nitrogens with zero attached hydrogens (tertiary/aromatic N) is 1. The molecule has 2 rings (SSSR count). The quantitative estimate of drug-likeness (QED) is 0.614. The van der Waals surface area contributed by atoms with Gasteiger partial charge in [-0.05, 0) is 43.7 Å². The molecular formula is C17H19F2NO2. The van der Waals surface area contributed by atoms with Crippen molar-refractivity contribution in [2.24, 2.45) is 11.8 Å². The van der Waals surface area contributed by atoms with E-state index in [2.05, 4.69) is 6.92 Å². The summed E-state index contributed by atoms with van der Waals surface area (Å²) in [5, 5.41) is 8.62. The lowest BCUT2D eigenvalue weighted by Crippen LogP contribution is -2.26. The van der Waals surface area contributed by atoms with Crippen LogP contribution < -0.4 is 4.74 Å². The zero-order valence-electron chi connectivity index (χ0n) is 12.6. The van der Waals surface area contributed by atoms with Gasteiger partial charge in [-0.25, -0.2) is 4.39 Å². The molecule has 1 fully saturated rings. The van der Waals surface area contributed by atoms with Crippen molar-refractivity contribution in [3.05, 3.63) is 29.3 Å². The first-order valence-corrected chi connectivity index (χ1v) is 7.66. The number of rotatable bonds is 4. The van der Waals surface area contributed by atoms with Crippen molar-refractivity contribution in [3.63, 3.8) is 0 Å². The average Bonchev–Trinajstić information content (AvgIpc) is 2.53. The Morgan fingerprint density at radius 2 is 1.95 bits per heavy atom. The van der Waals surface area contributed by atoms with Gasteiger partial charge in [-0.15, -0.1) is 0 Å². The van der Waals surface area contributed by atoms with Gasteiger partial charge >= 0.3 is 5.97 Å². The molecule has 22 heavy (non-hydrogen) atoms. The summed E-state index contributed by atoms with van der Waals surface area (Å²) in [6, 6.07) is 3.77. The fourth-order valence-electron chi connectivity index (χ4n) is 2.98. The molecule has 1 aliphatic carbocycles. The summed E-state index contributed by atoms with van der Waals surface area (Å²) in [5.41, 5.74) is -0.405. The molecule has 0 atom stereocenters. The highest BCUT2D eigenvalue weighted by Crippen LogP contribution is 2.33. The van der Waals surface area contributed by atoms with Crippen LogP contribution in [0, 0.1) is 34.8 Å². The van der Waals surface area contributed by atoms with Crippen LogP contribution in [-0.4, -0.2) is 5.97 Å². The minimum absolute atomic E-state index is 0.258. The predicted molar refractivity (Wildman–Crippen MR) is 77.1 cm³/mol. The first-order valence-electron chi connectivity index (χ1n) is 7.66. The molecule has 1 aromatic carbocycles. The highest BCUT2D eigenvalue weighted by molar-refractivity contribution is 5.75. The molecule has 0 aromatic heterocycles. The van der Waals surface area contributed by atoms with Gasteiger partial charge in [0.2, 0.25) is 5.82 Å². The number of hydrogen-bond donors (Lipinski definition) is 0. The van der Waals surface area contributed by atoms with Crippen molar-refractivity contribution >= 4 is 5.97 Å². The van der Waals surface area contributed by atoms with E-state index in [0.717, 1.165) is 50.7 Å². The van der Waals surface area contributed by atoms with E-state index in [1.165, 1.54) is 0 Å². The van der Waals surface area contributed by atoms with Crippen LogP contribution in [0.1, 0.15) is 51.0 Å². The summed E-state index contributed by atoms with van der Waals surface area (Å²) >= 11 is 0. The summed E-state index contributed by atoms with van der Waals surface area (Å²) in [6.45, 7) is 2.14. The maximum absolute atomic E-state index is 13.7. The van der Waals surface area contributed by atoms with E-state index >= 15 is 0 Å². The zero-order chi connectivity index (χ0) is 16.1. The van der Waals surface area contributed by atoms with E-state index < -0.39 is 28.9 Å². The molecule has 5 heteroatoms. The van der Waals surface area contributed by atoms with Gasteiger partial charge in [-0.1, -0.05) is 19.8 Å². The fraction of sp³-hybridized carbons (Fsp3) is 0.529. The summed E-state index contributed by atoms with van der Waals surface area (Å²) in [5.74, 6) is -3.13. The SMILES string of the molecule is CCC[C@H]1CC[C@H](C(=O)Oc2ccc(C#N)c(F)c2F)CC1. The second-order valence-corrected chi connectivity index (χ2v) is 5.78. The van der Waals surface area contributed by atoms with Crippen LogP contribution in [0.4, 0.5) is 8.78 Å². The molecule has 0 unspecified atom stereocenters. The molecule has 1 saturated carbocycles. The van der Waals surface area contributed by atoms with Crippen LogP contribution in [0.2, 0.25) is 0 Å². The van der Waals surface area contributed by atoms with Gasteiger partial charge in [-0.2, -0.15) is 9.65 Å². The van der Waals surface area contributed by atoms with Crippen molar-refractivity contribution in [2.45, 2.75) is 45.4 Å². The molecule has 0 spiro atoms. The minimum atomic E-state index is -1.29. The van der Waals surface area contributed by atoms with Crippen LogP contribution >= 0.6 is 0 Å². The van der Waals surface area contributed by atoms with Gasteiger partial charge in [0.15, 0.2) is 11.6 Å². The molecule has 118 valence electrons. The Morgan fingerprint density at radius 1 is 1.27 bits per heavy atom. The number of hydrogen-bond acceptors (Lipinski definition) is 3. The number of benzene rings is 1. The van der Waals surface area contributed by atoms with Gasteiger partial charge < -0.3 is 4.74 Å². The molecule has 0 bridgehead atoms. The molecule has 0 amide bonds. The molecule has 3 nitrogen and oxygen atoms in total. The smallest absolute Gasteiger partial charge is 0.314 e. The summed E-state index contributed by atoms with van der Waals surface area (Å²) in [7, 11) is 0. The van der Waals surface area contributed by atoms with Crippen molar-refractivity contribution in [1.29, 1.82) is 5.26 Å². The van der Waals surface area contributed by atoms with Crippen molar-refractivity contribution in [3.8, 4) is 11.8 Å². The van der Waals surface area contributed by atoms with E-state index in [9.17, 15) is 13.6 Å². The third kappa shape index (κ3) is 3.62. The van der Waals surface area contributed by atoms with Crippen molar-refractivity contribution < 1.29 is 18.3 Å². The van der Waals surface area contributed by atoms with E-state index in [0.29, 0.717) is 5.92 Å². The maximum atomic E-state index is 13.7. The fourth-order valence-corrected chi connectivity index (χ4v) is 2.98. The maximum Gasteiger partial charge on any atom is 0.314 e. The Hall–Kier alpha value is -1.96. The van der Waals surface area contributed by atoms with Gasteiger partial charge in [0.1, 0.15) is 6.07 Å². The Bertz CT molecular complexity index is 587. The van der Waals surface area contributed by atoms with Gasteiger partial charge in [0.25, 0.3) is 0 Å². The van der Waals surface area contributed by atoms with Gasteiger partial charge in [0, 0.05) is 0 Å². The standard InChI is InChI=1S/C17H19F2NO2/c1-2-3-11-4-6-12(7-5-11)17(21)22-14-9-8-13(10-20)15(18)16(14)19/h8-9,11-12H,2-7H2,1H3/t11-,12-. The molecule has 0 radical (unpaired) electrons. The molecular weight excluding hydrogens is 288 g/mol. The largest absolute Gasteiger partial charge is 0.423 e. The Balaban J connectivity index is 1.99. The third-order valence-electron chi connectivity index (χ3n) is 4.25. The molecule has 1 aliphatic rings. The lowest BCUT2D eigenvalue weighted by atomic mass is 9.80. The average molecular weight is 307 g/mol. The molecule has 0 N–H and O–H groups in total. The van der Waals surface area contributed by atoms with Crippen molar-refractivity contribution in [2.75, 3.05) is 0 Å². The second-order valence-electron chi connectivity index (χ2n) is 5.78. The number of esters is 1. The Labute approximate surface area is 128 Å². The number of carbonyl (C=O) groups is 1. The Kier molecular flexibility index (Phi) is 5.48. The first-order chi connectivity index (χ1) is 10.6. The topological polar surface area (TPSA) is 50.1 Å². The van der Waals surface area contributed by atoms with Crippen molar-refractivity contribution in [1.82, 2.24) is 0 Å². The number of halogens is 2. The van der Waals surface area contributed by atoms with Crippen LogP contribution in [-0.2, 0) is 4.79 Å². The predicted octanol–water partition coefficient (Wildman–Crippen LogP) is 4.35. The number of carbonyl (C=O) groups excluding carboxylic acids is 1. The van der Waals surface area contributed by atoms with Crippen LogP contribution in [0.25, 0.3) is 0 Å². The van der Waals surface area contributed by atoms with Crippen LogP contribution in [0.5, 0.6) is 5.75 Å². The summed E-state index contributed by atoms with van der Waals surface area (Å²) < 4.78 is 32.2. The number of nitriles is 1. The van der Waals surface area contributed by atoms with E-state index in [1.54, 1.807) is 6.07 Å². The number of ether oxygens (including phenoxy) is 1. The normalized spacial score (nSPS) is 21.2. The lowest BCUT2D eigenvalue weighted by molar-refractivity contribution is -0.140. The van der Waals surface area contributed by atoms with Gasteiger partial charge in [0.05, 0.1) is 11.5 Å². The van der Waals surface area contributed by atoms with E-state index in [1.807, 2.05) is 0 Å². The first kappa shape index (κ1) is 16.4. The summed E-state index contributed by atoms with van der Waals surface area (Å²) in [6.07, 6.45) is 5.69. The zero-order valence-corrected chi connectivity index (χ0v) is 12.6. The van der Waals surface area contributed by atoms with E-state index in [4.69, 9.17) is 10.00 Å². The molecule has 0 saturated heterocycles.